The summed E-state index contributed by atoms with van der Waals surface area (Å²) in [5.74, 6) is 0.575. The fourth-order valence-corrected chi connectivity index (χ4v) is 2.13. The van der Waals surface area contributed by atoms with Crippen LogP contribution in [0.5, 0.6) is 0 Å². The molecular weight excluding hydrogens is 267 g/mol. The molecule has 0 radical (unpaired) electrons. The summed E-state index contributed by atoms with van der Waals surface area (Å²) in [5, 5.41) is 3.31. The third kappa shape index (κ3) is 3.11. The molecule has 1 aromatic heterocycles. The SMILES string of the molecule is Cc1cc(CNc2ccc(-c3cnco3)cc2)ccc1F. The van der Waals surface area contributed by atoms with Gasteiger partial charge in [0.15, 0.2) is 12.2 Å². The lowest BCUT2D eigenvalue weighted by molar-refractivity contribution is 0.572. The topological polar surface area (TPSA) is 38.1 Å². The van der Waals surface area contributed by atoms with Crippen LogP contribution in [0.25, 0.3) is 11.3 Å². The summed E-state index contributed by atoms with van der Waals surface area (Å²) >= 11 is 0. The van der Waals surface area contributed by atoms with Crippen LogP contribution in [-0.4, -0.2) is 4.98 Å². The van der Waals surface area contributed by atoms with Gasteiger partial charge in [-0.3, -0.25) is 0 Å². The summed E-state index contributed by atoms with van der Waals surface area (Å²) in [6, 6.07) is 13.0. The third-order valence-corrected chi connectivity index (χ3v) is 3.32. The van der Waals surface area contributed by atoms with Crippen molar-refractivity contribution in [1.29, 1.82) is 0 Å². The van der Waals surface area contributed by atoms with Crippen molar-refractivity contribution in [3.63, 3.8) is 0 Å². The Bertz CT molecular complexity index is 721. The van der Waals surface area contributed by atoms with Gasteiger partial charge in [0.05, 0.1) is 6.20 Å². The summed E-state index contributed by atoms with van der Waals surface area (Å²) in [6.07, 6.45) is 3.10. The highest BCUT2D eigenvalue weighted by atomic mass is 19.1. The predicted molar refractivity (Wildman–Crippen MR) is 80.4 cm³/mol. The average Bonchev–Trinajstić information content (AvgIpc) is 3.03. The standard InChI is InChI=1S/C17H15FN2O/c1-12-8-13(2-7-16(12)18)9-20-15-5-3-14(4-6-15)17-10-19-11-21-17/h2-8,10-11,20H,9H2,1H3. The Morgan fingerprint density at radius 2 is 1.95 bits per heavy atom. The molecule has 0 fully saturated rings. The molecule has 0 aliphatic carbocycles. The molecule has 0 atom stereocenters. The summed E-state index contributed by atoms with van der Waals surface area (Å²) in [4.78, 5) is 3.90. The van der Waals surface area contributed by atoms with Crippen molar-refractivity contribution in [2.24, 2.45) is 0 Å². The molecule has 0 aliphatic heterocycles. The van der Waals surface area contributed by atoms with Crippen molar-refractivity contribution in [2.45, 2.75) is 13.5 Å². The van der Waals surface area contributed by atoms with Gasteiger partial charge in [-0.1, -0.05) is 12.1 Å². The molecule has 4 heteroatoms. The molecule has 3 rings (SSSR count). The second-order valence-electron chi connectivity index (χ2n) is 4.88. The lowest BCUT2D eigenvalue weighted by Crippen LogP contribution is -2.00. The van der Waals surface area contributed by atoms with Crippen LogP contribution in [0, 0.1) is 12.7 Å². The first kappa shape index (κ1) is 13.4. The van der Waals surface area contributed by atoms with Gasteiger partial charge < -0.3 is 9.73 Å². The molecule has 0 saturated heterocycles. The first-order chi connectivity index (χ1) is 10.2. The molecule has 3 aromatic rings. The van der Waals surface area contributed by atoms with E-state index in [4.69, 9.17) is 4.42 Å². The Balaban J connectivity index is 1.66. The van der Waals surface area contributed by atoms with Gasteiger partial charge in [-0.15, -0.1) is 0 Å². The number of anilines is 1. The number of aromatic nitrogens is 1. The number of nitrogens with one attached hydrogen (secondary N) is 1. The minimum absolute atomic E-state index is 0.171. The Kier molecular flexibility index (Phi) is 3.69. The van der Waals surface area contributed by atoms with Crippen molar-refractivity contribution in [2.75, 3.05) is 5.32 Å². The first-order valence-electron chi connectivity index (χ1n) is 6.70. The number of nitrogens with zero attached hydrogens (tertiary/aromatic N) is 1. The van der Waals surface area contributed by atoms with Crippen molar-refractivity contribution in [3.05, 3.63) is 72.0 Å². The number of rotatable bonds is 4. The molecule has 0 amide bonds. The van der Waals surface area contributed by atoms with E-state index in [2.05, 4.69) is 10.3 Å². The number of oxazole rings is 1. The Hall–Kier alpha value is -2.62. The number of aryl methyl sites for hydroxylation is 1. The maximum atomic E-state index is 13.2. The van der Waals surface area contributed by atoms with Gasteiger partial charge in [-0.25, -0.2) is 9.37 Å². The molecule has 0 aliphatic rings. The van der Waals surface area contributed by atoms with E-state index in [1.165, 1.54) is 12.5 Å². The van der Waals surface area contributed by atoms with Crippen molar-refractivity contribution in [3.8, 4) is 11.3 Å². The van der Waals surface area contributed by atoms with Crippen LogP contribution in [-0.2, 0) is 6.54 Å². The molecule has 0 spiro atoms. The van der Waals surface area contributed by atoms with E-state index in [0.717, 1.165) is 22.6 Å². The molecular formula is C17H15FN2O. The molecule has 1 N–H and O–H groups in total. The zero-order chi connectivity index (χ0) is 14.7. The molecule has 1 heterocycles. The minimum Gasteiger partial charge on any atom is -0.444 e. The van der Waals surface area contributed by atoms with Crippen LogP contribution in [0.2, 0.25) is 0 Å². The maximum absolute atomic E-state index is 13.2. The van der Waals surface area contributed by atoms with E-state index in [1.807, 2.05) is 30.3 Å². The second-order valence-corrected chi connectivity index (χ2v) is 4.88. The molecule has 0 bridgehead atoms. The van der Waals surface area contributed by atoms with Gasteiger partial charge in [0.1, 0.15) is 5.82 Å². The highest BCUT2D eigenvalue weighted by molar-refractivity contribution is 5.60. The molecule has 0 unspecified atom stereocenters. The Labute approximate surface area is 122 Å². The fourth-order valence-electron chi connectivity index (χ4n) is 2.13. The highest BCUT2D eigenvalue weighted by Crippen LogP contribution is 2.21. The van der Waals surface area contributed by atoms with Gasteiger partial charge in [-0.2, -0.15) is 0 Å². The first-order valence-corrected chi connectivity index (χ1v) is 6.70. The smallest absolute Gasteiger partial charge is 0.181 e. The summed E-state index contributed by atoms with van der Waals surface area (Å²) < 4.78 is 18.5. The largest absolute Gasteiger partial charge is 0.444 e. The monoisotopic (exact) mass is 282 g/mol. The van der Waals surface area contributed by atoms with Crippen molar-refractivity contribution < 1.29 is 8.81 Å². The molecule has 0 saturated carbocycles. The normalized spacial score (nSPS) is 10.6. The summed E-state index contributed by atoms with van der Waals surface area (Å²) in [7, 11) is 0. The van der Waals surface area contributed by atoms with Crippen LogP contribution in [0.15, 0.2) is 59.5 Å². The van der Waals surface area contributed by atoms with Crippen molar-refractivity contribution >= 4 is 5.69 Å². The molecule has 21 heavy (non-hydrogen) atoms. The zero-order valence-electron chi connectivity index (χ0n) is 11.6. The van der Waals surface area contributed by atoms with Crippen LogP contribution in [0.1, 0.15) is 11.1 Å². The molecule has 3 nitrogen and oxygen atoms in total. The van der Waals surface area contributed by atoms with Gasteiger partial charge >= 0.3 is 0 Å². The number of benzene rings is 2. The van der Waals surface area contributed by atoms with Gasteiger partial charge in [-0.05, 0) is 48.4 Å². The predicted octanol–water partition coefficient (Wildman–Crippen LogP) is 4.40. The van der Waals surface area contributed by atoms with E-state index in [-0.39, 0.29) is 5.82 Å². The lowest BCUT2D eigenvalue weighted by Gasteiger charge is -2.08. The Morgan fingerprint density at radius 1 is 1.14 bits per heavy atom. The van der Waals surface area contributed by atoms with Crippen LogP contribution in [0.3, 0.4) is 0 Å². The number of hydrogen-bond acceptors (Lipinski definition) is 3. The lowest BCUT2D eigenvalue weighted by atomic mass is 10.1. The van der Waals surface area contributed by atoms with Gasteiger partial charge in [0.25, 0.3) is 0 Å². The second kappa shape index (κ2) is 5.79. The van der Waals surface area contributed by atoms with Crippen LogP contribution >= 0.6 is 0 Å². The van der Waals surface area contributed by atoms with Gasteiger partial charge in [0, 0.05) is 17.8 Å². The highest BCUT2D eigenvalue weighted by Gasteiger charge is 2.02. The third-order valence-electron chi connectivity index (χ3n) is 3.32. The Morgan fingerprint density at radius 3 is 2.62 bits per heavy atom. The summed E-state index contributed by atoms with van der Waals surface area (Å²) in [6.45, 7) is 2.42. The summed E-state index contributed by atoms with van der Waals surface area (Å²) in [5.41, 5.74) is 3.69. The quantitative estimate of drug-likeness (QED) is 0.770. The fraction of sp³-hybridized carbons (Fsp3) is 0.118. The zero-order valence-corrected chi connectivity index (χ0v) is 11.6. The van der Waals surface area contributed by atoms with E-state index < -0.39 is 0 Å². The minimum atomic E-state index is -0.171. The van der Waals surface area contributed by atoms with E-state index >= 15 is 0 Å². The van der Waals surface area contributed by atoms with E-state index in [9.17, 15) is 4.39 Å². The van der Waals surface area contributed by atoms with Crippen LogP contribution < -0.4 is 5.32 Å². The molecule has 2 aromatic carbocycles. The maximum Gasteiger partial charge on any atom is 0.181 e. The van der Waals surface area contributed by atoms with E-state index in [1.54, 1.807) is 19.2 Å². The number of halogens is 1. The van der Waals surface area contributed by atoms with E-state index in [0.29, 0.717) is 12.1 Å². The van der Waals surface area contributed by atoms with Gasteiger partial charge in [0.2, 0.25) is 0 Å². The van der Waals surface area contributed by atoms with Crippen molar-refractivity contribution in [1.82, 2.24) is 4.98 Å². The van der Waals surface area contributed by atoms with Crippen LogP contribution in [0.4, 0.5) is 10.1 Å². The number of hydrogen-bond donors (Lipinski definition) is 1. The molecule has 106 valence electrons. The average molecular weight is 282 g/mol.